The molecule has 0 unspecified atom stereocenters. The van der Waals surface area contributed by atoms with E-state index in [0.29, 0.717) is 6.10 Å². The molecule has 0 aliphatic heterocycles. The average molecular weight is 359 g/mol. The van der Waals surface area contributed by atoms with Gasteiger partial charge in [-0.05, 0) is 67.9 Å². The lowest BCUT2D eigenvalue weighted by Gasteiger charge is -2.24. The summed E-state index contributed by atoms with van der Waals surface area (Å²) in [7, 11) is 0. The minimum Gasteiger partial charge on any atom is -0.495 e. The van der Waals surface area contributed by atoms with E-state index in [4.69, 9.17) is 4.74 Å². The third-order valence-corrected chi connectivity index (χ3v) is 5.06. The van der Waals surface area contributed by atoms with E-state index >= 15 is 0 Å². The summed E-state index contributed by atoms with van der Waals surface area (Å²) in [5.41, 5.74) is 3.87. The first-order valence-electron chi connectivity index (χ1n) is 8.23. The molecule has 22 heavy (non-hydrogen) atoms. The van der Waals surface area contributed by atoms with Gasteiger partial charge in [0.2, 0.25) is 0 Å². The summed E-state index contributed by atoms with van der Waals surface area (Å²) in [5.74, 6) is 1.11. The van der Waals surface area contributed by atoms with Crippen LogP contribution in [0.3, 0.4) is 0 Å². The van der Waals surface area contributed by atoms with Crippen molar-refractivity contribution < 1.29 is 4.74 Å². The number of benzene rings is 1. The summed E-state index contributed by atoms with van der Waals surface area (Å²) in [6.07, 6.45) is 14.6. The summed E-state index contributed by atoms with van der Waals surface area (Å²) < 4.78 is 7.30. The van der Waals surface area contributed by atoms with Crippen LogP contribution in [0.25, 0.3) is 5.57 Å². The zero-order valence-electron chi connectivity index (χ0n) is 13.1. The second-order valence-electron chi connectivity index (χ2n) is 6.16. The van der Waals surface area contributed by atoms with Crippen molar-refractivity contribution in [2.45, 2.75) is 51.6 Å². The van der Waals surface area contributed by atoms with E-state index in [0.717, 1.165) is 16.7 Å². The summed E-state index contributed by atoms with van der Waals surface area (Å²) in [6.45, 7) is 2.12. The van der Waals surface area contributed by atoms with Gasteiger partial charge in [0, 0.05) is 4.47 Å². The van der Waals surface area contributed by atoms with Crippen LogP contribution < -0.4 is 0 Å². The predicted molar refractivity (Wildman–Crippen MR) is 96.5 cm³/mol. The maximum absolute atomic E-state index is 6.18. The Hall–Kier alpha value is -1.28. The number of hydrogen-bond donors (Lipinski definition) is 0. The lowest BCUT2D eigenvalue weighted by atomic mass is 9.95. The highest BCUT2D eigenvalue weighted by Gasteiger charge is 2.16. The van der Waals surface area contributed by atoms with Gasteiger partial charge < -0.3 is 4.74 Å². The largest absolute Gasteiger partial charge is 0.495 e. The lowest BCUT2D eigenvalue weighted by Crippen LogP contribution is -2.16. The van der Waals surface area contributed by atoms with Crippen LogP contribution >= 0.6 is 15.9 Å². The van der Waals surface area contributed by atoms with Gasteiger partial charge in [0.15, 0.2) is 0 Å². The van der Waals surface area contributed by atoms with Crippen molar-refractivity contribution in [3.63, 3.8) is 0 Å². The minimum atomic E-state index is 0.437. The van der Waals surface area contributed by atoms with Crippen molar-refractivity contribution >= 4 is 21.5 Å². The Labute approximate surface area is 141 Å². The summed E-state index contributed by atoms with van der Waals surface area (Å²) in [4.78, 5) is 0. The molecule has 0 amide bonds. The highest BCUT2D eigenvalue weighted by molar-refractivity contribution is 9.10. The van der Waals surface area contributed by atoms with Gasteiger partial charge in [-0.1, -0.05) is 52.7 Å². The molecule has 2 aliphatic rings. The van der Waals surface area contributed by atoms with Gasteiger partial charge >= 0.3 is 0 Å². The molecule has 0 spiro atoms. The van der Waals surface area contributed by atoms with E-state index in [1.165, 1.54) is 48.8 Å². The fraction of sp³-hybridized carbons (Fsp3) is 0.400. The average Bonchev–Trinajstić information content (AvgIpc) is 2.57. The normalized spacial score (nSPS) is 21.5. The van der Waals surface area contributed by atoms with Gasteiger partial charge in [-0.25, -0.2) is 0 Å². The van der Waals surface area contributed by atoms with Gasteiger partial charge in [0.05, 0.1) is 11.9 Å². The van der Waals surface area contributed by atoms with Crippen LogP contribution in [-0.2, 0) is 4.74 Å². The third kappa shape index (κ3) is 3.92. The van der Waals surface area contributed by atoms with Crippen LogP contribution in [0.2, 0.25) is 0 Å². The van der Waals surface area contributed by atoms with Gasteiger partial charge in [0.25, 0.3) is 0 Å². The molecule has 1 nitrogen and oxygen atoms in total. The van der Waals surface area contributed by atoms with Crippen molar-refractivity contribution in [1.82, 2.24) is 0 Å². The molecular formula is C20H23BrO. The fourth-order valence-electron chi connectivity index (χ4n) is 3.17. The maximum atomic E-state index is 6.18. The number of hydrogen-bond acceptors (Lipinski definition) is 1. The molecule has 0 saturated heterocycles. The molecule has 0 heterocycles. The smallest absolute Gasteiger partial charge is 0.0982 e. The Kier molecular flexibility index (Phi) is 5.20. The first kappa shape index (κ1) is 15.6. The predicted octanol–water partition coefficient (Wildman–Crippen LogP) is 6.42. The minimum absolute atomic E-state index is 0.437. The van der Waals surface area contributed by atoms with Gasteiger partial charge in [-0.3, -0.25) is 0 Å². The summed E-state index contributed by atoms with van der Waals surface area (Å²) >= 11 is 3.48. The quantitative estimate of drug-likeness (QED) is 0.566. The van der Waals surface area contributed by atoms with Crippen molar-refractivity contribution in [2.24, 2.45) is 0 Å². The SMILES string of the molecule is CC(OC1CCCCC1)=C1C=CC(c2ccc(Br)cc2)=CC1. The van der Waals surface area contributed by atoms with Crippen LogP contribution in [0.4, 0.5) is 0 Å². The van der Waals surface area contributed by atoms with Crippen molar-refractivity contribution in [1.29, 1.82) is 0 Å². The second-order valence-corrected chi connectivity index (χ2v) is 7.08. The Morgan fingerprint density at radius 3 is 2.41 bits per heavy atom. The van der Waals surface area contributed by atoms with Crippen molar-refractivity contribution in [3.8, 4) is 0 Å². The fourth-order valence-corrected chi connectivity index (χ4v) is 3.44. The molecule has 116 valence electrons. The van der Waals surface area contributed by atoms with E-state index in [1.54, 1.807) is 0 Å². The molecule has 1 aromatic carbocycles. The van der Waals surface area contributed by atoms with Crippen LogP contribution in [-0.4, -0.2) is 6.10 Å². The zero-order valence-corrected chi connectivity index (χ0v) is 14.7. The van der Waals surface area contributed by atoms with Crippen LogP contribution in [0.1, 0.15) is 51.0 Å². The lowest BCUT2D eigenvalue weighted by molar-refractivity contribution is 0.0819. The molecule has 1 saturated carbocycles. The zero-order chi connectivity index (χ0) is 15.4. The van der Waals surface area contributed by atoms with E-state index < -0.39 is 0 Å². The number of allylic oxidation sites excluding steroid dienone is 6. The molecule has 3 rings (SSSR count). The number of ether oxygens (including phenoxy) is 1. The summed E-state index contributed by atoms with van der Waals surface area (Å²) in [6, 6.07) is 8.49. The Balaban J connectivity index is 1.65. The topological polar surface area (TPSA) is 9.23 Å². The Bertz CT molecular complexity index is 601. The molecule has 2 heteroatoms. The van der Waals surface area contributed by atoms with Crippen LogP contribution in [0.5, 0.6) is 0 Å². The molecule has 1 aromatic rings. The van der Waals surface area contributed by atoms with Crippen molar-refractivity contribution in [2.75, 3.05) is 0 Å². The monoisotopic (exact) mass is 358 g/mol. The Morgan fingerprint density at radius 1 is 1.05 bits per heavy atom. The van der Waals surface area contributed by atoms with E-state index in [2.05, 4.69) is 65.3 Å². The second kappa shape index (κ2) is 7.32. The highest BCUT2D eigenvalue weighted by Crippen LogP contribution is 2.29. The van der Waals surface area contributed by atoms with E-state index in [9.17, 15) is 0 Å². The third-order valence-electron chi connectivity index (χ3n) is 4.53. The maximum Gasteiger partial charge on any atom is 0.0982 e. The van der Waals surface area contributed by atoms with Crippen LogP contribution in [0, 0.1) is 0 Å². The molecule has 1 fully saturated rings. The molecule has 0 atom stereocenters. The van der Waals surface area contributed by atoms with E-state index in [-0.39, 0.29) is 0 Å². The first-order valence-corrected chi connectivity index (χ1v) is 9.02. The standard InChI is InChI=1S/C20H23BrO/c1-15(22-20-5-3-2-4-6-20)16-7-9-17(10-8-16)18-11-13-19(21)14-12-18/h7,9-14,20H,2-6,8H2,1H3. The molecule has 0 radical (unpaired) electrons. The molecular weight excluding hydrogens is 336 g/mol. The van der Waals surface area contributed by atoms with Gasteiger partial charge in [-0.2, -0.15) is 0 Å². The molecule has 2 aliphatic carbocycles. The highest BCUT2D eigenvalue weighted by atomic mass is 79.9. The first-order chi connectivity index (χ1) is 10.7. The van der Waals surface area contributed by atoms with Crippen molar-refractivity contribution in [3.05, 3.63) is 63.9 Å². The van der Waals surface area contributed by atoms with Gasteiger partial charge in [-0.15, -0.1) is 0 Å². The summed E-state index contributed by atoms with van der Waals surface area (Å²) in [5, 5.41) is 0. The molecule has 0 N–H and O–H groups in total. The molecule has 0 aromatic heterocycles. The van der Waals surface area contributed by atoms with E-state index in [1.807, 2.05) is 0 Å². The van der Waals surface area contributed by atoms with Gasteiger partial charge in [0.1, 0.15) is 0 Å². The van der Waals surface area contributed by atoms with Crippen LogP contribution in [0.15, 0.2) is 58.3 Å². The Morgan fingerprint density at radius 2 is 1.77 bits per heavy atom. The number of rotatable bonds is 3. The molecule has 0 bridgehead atoms. The number of halogens is 1.